The van der Waals surface area contributed by atoms with E-state index in [0.29, 0.717) is 15.0 Å². The molecule has 0 aliphatic carbocycles. The van der Waals surface area contributed by atoms with Gasteiger partial charge in [0.1, 0.15) is 12.0 Å². The van der Waals surface area contributed by atoms with Crippen LogP contribution in [0.2, 0.25) is 0 Å². The number of hydrogen-bond acceptors (Lipinski definition) is 7. The van der Waals surface area contributed by atoms with Gasteiger partial charge < -0.3 is 5.32 Å². The van der Waals surface area contributed by atoms with Crippen molar-refractivity contribution in [1.82, 2.24) is 19.8 Å². The molecule has 1 amide bonds. The number of carbonyl (C=O) groups is 1. The zero-order chi connectivity index (χ0) is 15.5. The van der Waals surface area contributed by atoms with Gasteiger partial charge in [-0.1, -0.05) is 23.1 Å². The Bertz CT molecular complexity index is 877. The van der Waals surface area contributed by atoms with Crippen LogP contribution in [0, 0.1) is 5.82 Å². The largest absolute Gasteiger partial charge is 0.325 e. The first kappa shape index (κ1) is 14.6. The smallest absolute Gasteiger partial charge is 0.293 e. The first-order valence-corrected chi connectivity index (χ1v) is 7.82. The van der Waals surface area contributed by atoms with Gasteiger partial charge in [0.05, 0.1) is 5.75 Å². The Hall–Kier alpha value is -2.33. The molecular weight excluding hydrogens is 329 g/mol. The maximum absolute atomic E-state index is 12.8. The third-order valence-electron chi connectivity index (χ3n) is 2.52. The number of fused-ring (bicyclic) bond motifs is 1. The summed E-state index contributed by atoms with van der Waals surface area (Å²) < 4.78 is 14.4. The minimum Gasteiger partial charge on any atom is -0.325 e. The molecule has 3 rings (SSSR count). The highest BCUT2D eigenvalue weighted by molar-refractivity contribution is 8.01. The Morgan fingerprint density at radius 1 is 1.36 bits per heavy atom. The van der Waals surface area contributed by atoms with Crippen LogP contribution in [0.15, 0.2) is 39.6 Å². The quantitative estimate of drug-likeness (QED) is 0.724. The second kappa shape index (κ2) is 6.20. The summed E-state index contributed by atoms with van der Waals surface area (Å²) in [4.78, 5) is 23.7. The number of nitrogens with one attached hydrogen (secondary N) is 1. The average molecular weight is 337 g/mol. The second-order valence-electron chi connectivity index (χ2n) is 4.09. The Morgan fingerprint density at radius 2 is 2.14 bits per heavy atom. The molecule has 1 aromatic carbocycles. The molecule has 0 unspecified atom stereocenters. The number of hydrogen-bond donors (Lipinski definition) is 1. The summed E-state index contributed by atoms with van der Waals surface area (Å²) >= 11 is 2.35. The Labute approximate surface area is 131 Å². The van der Waals surface area contributed by atoms with Crippen molar-refractivity contribution < 1.29 is 9.18 Å². The zero-order valence-electron chi connectivity index (χ0n) is 10.9. The van der Waals surface area contributed by atoms with E-state index >= 15 is 0 Å². The summed E-state index contributed by atoms with van der Waals surface area (Å²) in [6, 6.07) is 5.48. The van der Waals surface area contributed by atoms with Gasteiger partial charge in [-0.05, 0) is 24.3 Å². The highest BCUT2D eigenvalue weighted by Crippen LogP contribution is 2.22. The van der Waals surface area contributed by atoms with Gasteiger partial charge in [0.15, 0.2) is 4.34 Å². The molecule has 0 spiro atoms. The molecule has 2 heterocycles. The summed E-state index contributed by atoms with van der Waals surface area (Å²) in [5, 5.41) is 14.0. The van der Waals surface area contributed by atoms with E-state index in [1.807, 2.05) is 0 Å². The third kappa shape index (κ3) is 3.28. The van der Waals surface area contributed by atoms with Crippen LogP contribution >= 0.6 is 23.1 Å². The highest BCUT2D eigenvalue weighted by Gasteiger charge is 2.10. The number of carbonyl (C=O) groups excluding carboxylic acids is 1. The van der Waals surface area contributed by atoms with Gasteiger partial charge in [0, 0.05) is 5.69 Å². The molecule has 0 saturated heterocycles. The molecule has 0 saturated carbocycles. The summed E-state index contributed by atoms with van der Waals surface area (Å²) in [7, 11) is 0. The minimum atomic E-state index is -0.371. The molecule has 112 valence electrons. The molecule has 2 aromatic heterocycles. The lowest BCUT2D eigenvalue weighted by atomic mass is 10.3. The number of thioether (sulfide) groups is 1. The first-order chi connectivity index (χ1) is 10.6. The topological polar surface area (TPSA) is 89.3 Å². The molecule has 3 aromatic rings. The van der Waals surface area contributed by atoms with E-state index in [9.17, 15) is 14.0 Å². The number of rotatable bonds is 4. The lowest BCUT2D eigenvalue weighted by Crippen LogP contribution is -2.15. The van der Waals surface area contributed by atoms with Crippen molar-refractivity contribution in [3.63, 3.8) is 0 Å². The van der Waals surface area contributed by atoms with Crippen LogP contribution in [0.3, 0.4) is 0 Å². The van der Waals surface area contributed by atoms with E-state index in [0.717, 1.165) is 10.7 Å². The average Bonchev–Trinajstić information content (AvgIpc) is 2.92. The van der Waals surface area contributed by atoms with E-state index in [2.05, 4.69) is 20.6 Å². The predicted molar refractivity (Wildman–Crippen MR) is 80.7 cm³/mol. The molecule has 0 fully saturated rings. The van der Waals surface area contributed by atoms with Crippen molar-refractivity contribution in [1.29, 1.82) is 0 Å². The lowest BCUT2D eigenvalue weighted by molar-refractivity contribution is -0.113. The van der Waals surface area contributed by atoms with Crippen molar-refractivity contribution in [2.24, 2.45) is 0 Å². The number of benzene rings is 1. The van der Waals surface area contributed by atoms with Crippen LogP contribution in [-0.4, -0.2) is 31.5 Å². The number of anilines is 1. The Morgan fingerprint density at radius 3 is 2.86 bits per heavy atom. The van der Waals surface area contributed by atoms with Gasteiger partial charge in [-0.15, -0.1) is 10.2 Å². The van der Waals surface area contributed by atoms with Crippen LogP contribution in [0.1, 0.15) is 0 Å². The number of aromatic nitrogens is 4. The standard InChI is InChI=1S/C12H8FN5O2S2/c13-7-1-3-8(4-2-7)15-9(19)6-21-12-17-18-10(20)5-14-16-11(18)22-12/h1-5H,6H2,(H,15,19). The van der Waals surface area contributed by atoms with Gasteiger partial charge >= 0.3 is 0 Å². The summed E-state index contributed by atoms with van der Waals surface area (Å²) in [5.41, 5.74) is 0.141. The Balaban J connectivity index is 1.63. The van der Waals surface area contributed by atoms with Crippen LogP contribution in [0.25, 0.3) is 4.96 Å². The van der Waals surface area contributed by atoms with Crippen molar-refractivity contribution >= 4 is 39.7 Å². The van der Waals surface area contributed by atoms with Gasteiger partial charge in [-0.2, -0.15) is 9.61 Å². The summed E-state index contributed by atoms with van der Waals surface area (Å²) in [6.07, 6.45) is 1.07. The van der Waals surface area contributed by atoms with E-state index in [4.69, 9.17) is 0 Å². The maximum Gasteiger partial charge on any atom is 0.293 e. The monoisotopic (exact) mass is 337 g/mol. The molecule has 10 heteroatoms. The van der Waals surface area contributed by atoms with E-state index < -0.39 is 0 Å². The van der Waals surface area contributed by atoms with E-state index in [-0.39, 0.29) is 23.0 Å². The molecule has 0 radical (unpaired) electrons. The van der Waals surface area contributed by atoms with Gasteiger partial charge in [0.2, 0.25) is 10.9 Å². The van der Waals surface area contributed by atoms with Gasteiger partial charge in [-0.25, -0.2) is 4.39 Å². The number of amides is 1. The van der Waals surface area contributed by atoms with Crippen molar-refractivity contribution in [3.05, 3.63) is 46.6 Å². The third-order valence-corrected chi connectivity index (χ3v) is 4.55. The van der Waals surface area contributed by atoms with Crippen molar-refractivity contribution in [2.45, 2.75) is 4.34 Å². The second-order valence-corrected chi connectivity index (χ2v) is 6.27. The Kier molecular flexibility index (Phi) is 4.11. The SMILES string of the molecule is O=C(CSc1nn2c(=O)cnnc2s1)Nc1ccc(F)cc1. The van der Waals surface area contributed by atoms with E-state index in [1.165, 1.54) is 47.4 Å². The minimum absolute atomic E-state index is 0.110. The fraction of sp³-hybridized carbons (Fsp3) is 0.0833. The summed E-state index contributed by atoms with van der Waals surface area (Å²) in [5.74, 6) is -0.512. The molecule has 0 aliphatic heterocycles. The lowest BCUT2D eigenvalue weighted by Gasteiger charge is -2.03. The van der Waals surface area contributed by atoms with E-state index in [1.54, 1.807) is 0 Å². The fourth-order valence-corrected chi connectivity index (χ4v) is 3.26. The zero-order valence-corrected chi connectivity index (χ0v) is 12.5. The van der Waals surface area contributed by atoms with Crippen LogP contribution in [0.5, 0.6) is 0 Å². The molecular formula is C12H8FN5O2S2. The number of nitrogens with zero attached hydrogens (tertiary/aromatic N) is 4. The van der Waals surface area contributed by atoms with Gasteiger partial charge in [0.25, 0.3) is 5.56 Å². The molecule has 0 atom stereocenters. The van der Waals surface area contributed by atoms with Crippen molar-refractivity contribution in [3.8, 4) is 0 Å². The van der Waals surface area contributed by atoms with Crippen molar-refractivity contribution in [2.75, 3.05) is 11.1 Å². The summed E-state index contributed by atoms with van der Waals surface area (Å²) in [6.45, 7) is 0. The van der Waals surface area contributed by atoms with Crippen LogP contribution in [0.4, 0.5) is 10.1 Å². The van der Waals surface area contributed by atoms with Gasteiger partial charge in [-0.3, -0.25) is 9.59 Å². The highest BCUT2D eigenvalue weighted by atomic mass is 32.2. The molecule has 7 nitrogen and oxygen atoms in total. The first-order valence-electron chi connectivity index (χ1n) is 6.01. The maximum atomic E-state index is 12.8. The normalized spacial score (nSPS) is 10.8. The van der Waals surface area contributed by atoms with Crippen LogP contribution in [-0.2, 0) is 4.79 Å². The van der Waals surface area contributed by atoms with Crippen LogP contribution < -0.4 is 10.9 Å². The number of halogens is 1. The molecule has 1 N–H and O–H groups in total. The predicted octanol–water partition coefficient (Wildman–Crippen LogP) is 1.42. The molecule has 0 bridgehead atoms. The molecule has 22 heavy (non-hydrogen) atoms. The fourth-order valence-electron chi connectivity index (χ4n) is 1.57. The molecule has 0 aliphatic rings.